The smallest absolute Gasteiger partial charge is 0.264 e. The second-order valence-electron chi connectivity index (χ2n) is 7.94. The maximum absolute atomic E-state index is 13.4. The number of ether oxygens (including phenoxy) is 2. The topological polar surface area (TPSA) is 97.3 Å². The minimum absolute atomic E-state index is 0.00705. The highest BCUT2D eigenvalue weighted by atomic mass is 35.5. The van der Waals surface area contributed by atoms with Gasteiger partial charge in [0.05, 0.1) is 23.9 Å². The molecule has 0 heterocycles. The standard InChI is InChI=1S/C28H24ClN3O5S/c1-36-24-14-16-27(17-15-24)38(34,35)32(23-7-5-6-22(29)18-23)20-28(33)31-30-19-21-10-12-26(13-11-21)37-25-8-3-2-4-9-25/h2-19H,20H2,1H3,(H,31,33)/b30-19-. The van der Waals surface area contributed by atoms with Gasteiger partial charge < -0.3 is 9.47 Å². The molecule has 1 N–H and O–H groups in total. The highest BCUT2D eigenvalue weighted by Gasteiger charge is 2.27. The predicted octanol–water partition coefficient (Wildman–Crippen LogP) is 5.49. The summed E-state index contributed by atoms with van der Waals surface area (Å²) < 4.78 is 38.7. The number of halogens is 1. The van der Waals surface area contributed by atoms with Crippen molar-refractivity contribution in [1.29, 1.82) is 0 Å². The van der Waals surface area contributed by atoms with Crippen LogP contribution in [0.4, 0.5) is 5.69 Å². The number of nitrogens with one attached hydrogen (secondary N) is 1. The Morgan fingerprint density at radius 1 is 0.895 bits per heavy atom. The van der Waals surface area contributed by atoms with E-state index < -0.39 is 22.5 Å². The molecule has 8 nitrogen and oxygen atoms in total. The van der Waals surface area contributed by atoms with Gasteiger partial charge in [-0.3, -0.25) is 9.10 Å². The van der Waals surface area contributed by atoms with Crippen molar-refractivity contribution in [1.82, 2.24) is 5.43 Å². The number of hydrogen-bond donors (Lipinski definition) is 1. The summed E-state index contributed by atoms with van der Waals surface area (Å²) >= 11 is 6.10. The van der Waals surface area contributed by atoms with Crippen molar-refractivity contribution < 1.29 is 22.7 Å². The Hall–Kier alpha value is -4.34. The normalized spacial score (nSPS) is 11.2. The zero-order valence-electron chi connectivity index (χ0n) is 20.3. The van der Waals surface area contributed by atoms with Gasteiger partial charge in [-0.1, -0.05) is 35.9 Å². The number of amides is 1. The van der Waals surface area contributed by atoms with Crippen LogP contribution in [0, 0.1) is 0 Å². The summed E-state index contributed by atoms with van der Waals surface area (Å²) in [5, 5.41) is 4.30. The fourth-order valence-corrected chi connectivity index (χ4v) is 5.01. The third kappa shape index (κ3) is 6.90. The van der Waals surface area contributed by atoms with Crippen molar-refractivity contribution in [3.05, 3.63) is 114 Å². The molecule has 1 amide bonds. The summed E-state index contributed by atoms with van der Waals surface area (Å²) in [5.41, 5.74) is 3.33. The second kappa shape index (κ2) is 12.3. The van der Waals surface area contributed by atoms with Gasteiger partial charge in [0, 0.05) is 5.02 Å². The Labute approximate surface area is 226 Å². The van der Waals surface area contributed by atoms with Crippen molar-refractivity contribution in [2.45, 2.75) is 4.90 Å². The van der Waals surface area contributed by atoms with E-state index in [1.807, 2.05) is 30.3 Å². The van der Waals surface area contributed by atoms with E-state index in [4.69, 9.17) is 21.1 Å². The molecule has 0 radical (unpaired) electrons. The minimum Gasteiger partial charge on any atom is -0.497 e. The first kappa shape index (κ1) is 26.7. The van der Waals surface area contributed by atoms with Gasteiger partial charge in [-0.25, -0.2) is 13.8 Å². The molecular formula is C28H24ClN3O5S. The Balaban J connectivity index is 1.45. The van der Waals surface area contributed by atoms with E-state index >= 15 is 0 Å². The van der Waals surface area contributed by atoms with E-state index in [1.165, 1.54) is 43.7 Å². The zero-order valence-corrected chi connectivity index (χ0v) is 21.9. The van der Waals surface area contributed by atoms with Gasteiger partial charge in [-0.2, -0.15) is 5.10 Å². The van der Waals surface area contributed by atoms with Crippen LogP contribution < -0.4 is 19.2 Å². The van der Waals surface area contributed by atoms with Crippen molar-refractivity contribution in [3.8, 4) is 17.2 Å². The number of methoxy groups -OCH3 is 1. The number of carbonyl (C=O) groups is 1. The summed E-state index contributed by atoms with van der Waals surface area (Å²) in [5.74, 6) is 1.24. The molecule has 4 aromatic rings. The van der Waals surface area contributed by atoms with Gasteiger partial charge in [-0.05, 0) is 84.4 Å². The summed E-state index contributed by atoms with van der Waals surface area (Å²) in [6.45, 7) is -0.518. The van der Waals surface area contributed by atoms with Crippen LogP contribution in [0.2, 0.25) is 5.02 Å². The molecule has 0 aliphatic carbocycles. The SMILES string of the molecule is COc1ccc(S(=O)(=O)N(CC(=O)N/N=C\c2ccc(Oc3ccccc3)cc2)c2cccc(Cl)c2)cc1. The molecule has 194 valence electrons. The van der Waals surface area contributed by atoms with E-state index in [0.717, 1.165) is 10.1 Å². The zero-order chi connectivity index (χ0) is 27.0. The van der Waals surface area contributed by atoms with E-state index in [9.17, 15) is 13.2 Å². The molecule has 0 saturated heterocycles. The molecule has 0 unspecified atom stereocenters. The summed E-state index contributed by atoms with van der Waals surface area (Å²) in [6, 6.07) is 28.6. The van der Waals surface area contributed by atoms with Gasteiger partial charge in [0.25, 0.3) is 15.9 Å². The van der Waals surface area contributed by atoms with Crippen LogP contribution in [0.1, 0.15) is 5.56 Å². The fourth-order valence-electron chi connectivity index (χ4n) is 3.41. The second-order valence-corrected chi connectivity index (χ2v) is 10.2. The number of anilines is 1. The average Bonchev–Trinajstić information content (AvgIpc) is 2.93. The lowest BCUT2D eigenvalue weighted by atomic mass is 10.2. The lowest BCUT2D eigenvalue weighted by Crippen LogP contribution is -2.39. The van der Waals surface area contributed by atoms with Crippen LogP contribution in [-0.4, -0.2) is 34.2 Å². The lowest BCUT2D eigenvalue weighted by Gasteiger charge is -2.24. The number of hydrazone groups is 1. The minimum atomic E-state index is -4.11. The van der Waals surface area contributed by atoms with Gasteiger partial charge in [-0.15, -0.1) is 0 Å². The third-order valence-corrected chi connectivity index (χ3v) is 7.32. The number of nitrogens with zero attached hydrogens (tertiary/aromatic N) is 2. The third-order valence-electron chi connectivity index (χ3n) is 5.29. The van der Waals surface area contributed by atoms with Crippen LogP contribution in [0.25, 0.3) is 0 Å². The summed E-state index contributed by atoms with van der Waals surface area (Å²) in [4.78, 5) is 12.7. The monoisotopic (exact) mass is 549 g/mol. The molecular weight excluding hydrogens is 526 g/mol. The van der Waals surface area contributed by atoms with Crippen LogP contribution in [0.3, 0.4) is 0 Å². The van der Waals surface area contributed by atoms with Crippen molar-refractivity contribution in [2.24, 2.45) is 5.10 Å². The Kier molecular flexibility index (Phi) is 8.62. The average molecular weight is 550 g/mol. The predicted molar refractivity (Wildman–Crippen MR) is 148 cm³/mol. The van der Waals surface area contributed by atoms with Gasteiger partial charge in [0.1, 0.15) is 23.8 Å². The highest BCUT2D eigenvalue weighted by molar-refractivity contribution is 7.92. The Morgan fingerprint density at radius 3 is 2.21 bits per heavy atom. The van der Waals surface area contributed by atoms with Crippen LogP contribution in [0.5, 0.6) is 17.2 Å². The molecule has 38 heavy (non-hydrogen) atoms. The summed E-state index contributed by atoms with van der Waals surface area (Å²) in [6.07, 6.45) is 1.45. The van der Waals surface area contributed by atoms with Gasteiger partial charge in [0.15, 0.2) is 0 Å². The first-order valence-corrected chi connectivity index (χ1v) is 13.2. The molecule has 0 saturated carbocycles. The molecule has 0 aromatic heterocycles. The van der Waals surface area contributed by atoms with Crippen molar-refractivity contribution in [3.63, 3.8) is 0 Å². The maximum atomic E-state index is 13.4. The molecule has 0 bridgehead atoms. The molecule has 10 heteroatoms. The Bertz CT molecular complexity index is 1510. The molecule has 0 atom stereocenters. The highest BCUT2D eigenvalue weighted by Crippen LogP contribution is 2.27. The number of rotatable bonds is 10. The number of hydrogen-bond acceptors (Lipinski definition) is 6. The van der Waals surface area contributed by atoms with E-state index in [0.29, 0.717) is 22.1 Å². The van der Waals surface area contributed by atoms with E-state index in [1.54, 1.807) is 42.5 Å². The number of para-hydroxylation sites is 1. The van der Waals surface area contributed by atoms with Crippen LogP contribution in [-0.2, 0) is 14.8 Å². The number of carbonyl (C=O) groups excluding carboxylic acids is 1. The molecule has 0 spiro atoms. The molecule has 0 aliphatic rings. The first-order valence-electron chi connectivity index (χ1n) is 11.4. The van der Waals surface area contributed by atoms with Crippen molar-refractivity contribution >= 4 is 39.4 Å². The number of benzene rings is 4. The van der Waals surface area contributed by atoms with E-state index in [-0.39, 0.29) is 10.6 Å². The first-order chi connectivity index (χ1) is 18.3. The quantitative estimate of drug-likeness (QED) is 0.208. The van der Waals surface area contributed by atoms with Crippen LogP contribution >= 0.6 is 11.6 Å². The number of sulfonamides is 1. The van der Waals surface area contributed by atoms with Crippen LogP contribution in [0.15, 0.2) is 113 Å². The molecule has 0 aliphatic heterocycles. The Morgan fingerprint density at radius 2 is 1.55 bits per heavy atom. The largest absolute Gasteiger partial charge is 0.497 e. The molecule has 4 rings (SSSR count). The maximum Gasteiger partial charge on any atom is 0.264 e. The van der Waals surface area contributed by atoms with Gasteiger partial charge >= 0.3 is 0 Å². The van der Waals surface area contributed by atoms with Gasteiger partial charge in [0.2, 0.25) is 0 Å². The molecule has 0 fully saturated rings. The lowest BCUT2D eigenvalue weighted by molar-refractivity contribution is -0.119. The summed E-state index contributed by atoms with van der Waals surface area (Å²) in [7, 11) is -2.62. The molecule has 4 aromatic carbocycles. The van der Waals surface area contributed by atoms with E-state index in [2.05, 4.69) is 10.5 Å². The van der Waals surface area contributed by atoms with Crippen molar-refractivity contribution in [2.75, 3.05) is 18.0 Å². The fraction of sp³-hybridized carbons (Fsp3) is 0.0714.